The lowest BCUT2D eigenvalue weighted by Gasteiger charge is -2.52. The molecule has 168 valence electrons. The van der Waals surface area contributed by atoms with Gasteiger partial charge in [-0.2, -0.15) is 0 Å². The van der Waals surface area contributed by atoms with Crippen molar-refractivity contribution in [3.05, 3.63) is 11.1 Å². The zero-order valence-electron chi connectivity index (χ0n) is 20.0. The van der Waals surface area contributed by atoms with E-state index in [-0.39, 0.29) is 0 Å². The predicted molar refractivity (Wildman–Crippen MR) is 130 cm³/mol. The zero-order chi connectivity index (χ0) is 21.7. The highest BCUT2D eigenvalue weighted by molar-refractivity contribution is 6.92. The van der Waals surface area contributed by atoms with Crippen LogP contribution in [0.4, 0.5) is 0 Å². The fourth-order valence-corrected chi connectivity index (χ4v) is 19.5. The Morgan fingerprint density at radius 1 is 0.724 bits per heavy atom. The summed E-state index contributed by atoms with van der Waals surface area (Å²) in [6, 6.07) is 8.02. The van der Waals surface area contributed by atoms with E-state index in [1.807, 2.05) is 0 Å². The summed E-state index contributed by atoms with van der Waals surface area (Å²) in [4.78, 5) is 0. The monoisotopic (exact) mass is 438 g/mol. The van der Waals surface area contributed by atoms with Gasteiger partial charge in [0.15, 0.2) is 11.8 Å². The molecule has 0 fully saturated rings. The molecule has 1 heterocycles. The van der Waals surface area contributed by atoms with Crippen molar-refractivity contribution >= 4 is 16.5 Å². The molecule has 0 aromatic carbocycles. The van der Waals surface area contributed by atoms with Crippen LogP contribution in [-0.4, -0.2) is 42.0 Å². The summed E-state index contributed by atoms with van der Waals surface area (Å²) in [5.41, 5.74) is 2.01. The minimum absolute atomic E-state index is 0.332. The van der Waals surface area contributed by atoms with Gasteiger partial charge in [-0.05, 0) is 74.9 Å². The van der Waals surface area contributed by atoms with E-state index < -0.39 is 16.5 Å². The van der Waals surface area contributed by atoms with Gasteiger partial charge in [0, 0.05) is 17.7 Å². The summed E-state index contributed by atoms with van der Waals surface area (Å²) in [5, 5.41) is 21.4. The molecule has 0 amide bonds. The van der Waals surface area contributed by atoms with Crippen molar-refractivity contribution in [3.8, 4) is 11.8 Å². The molecule has 0 spiro atoms. The molecule has 1 aliphatic rings. The van der Waals surface area contributed by atoms with Crippen LogP contribution in [0.3, 0.4) is 0 Å². The van der Waals surface area contributed by atoms with E-state index in [9.17, 15) is 10.2 Å². The normalized spacial score (nSPS) is 15.1. The summed E-state index contributed by atoms with van der Waals surface area (Å²) in [6.45, 7) is 16.4. The van der Waals surface area contributed by atoms with Gasteiger partial charge in [-0.15, -0.1) is 0 Å². The van der Waals surface area contributed by atoms with Crippen LogP contribution in [0.25, 0.3) is 0 Å². The van der Waals surface area contributed by atoms with Crippen molar-refractivity contribution in [2.24, 2.45) is 0 Å². The van der Waals surface area contributed by atoms with E-state index in [0.29, 0.717) is 11.8 Å². The Labute approximate surface area is 181 Å². The molecule has 0 saturated heterocycles. The molecule has 0 saturated carbocycles. The second kappa shape index (κ2) is 10.5. The highest BCUT2D eigenvalue weighted by atomic mass is 28.4. The number of hydrogen-bond donors (Lipinski definition) is 2. The molecule has 29 heavy (non-hydrogen) atoms. The van der Waals surface area contributed by atoms with Crippen molar-refractivity contribution in [1.29, 1.82) is 0 Å². The van der Waals surface area contributed by atoms with E-state index in [1.165, 1.54) is 36.3 Å². The first kappa shape index (κ1) is 24.5. The molecule has 0 atom stereocenters. The number of rotatable bonds is 12. The second-order valence-corrected chi connectivity index (χ2v) is 19.7. The summed E-state index contributed by atoms with van der Waals surface area (Å²) >= 11 is 0. The molecule has 1 aliphatic carbocycles. The first-order valence-corrected chi connectivity index (χ1v) is 17.4. The average molecular weight is 439 g/mol. The highest BCUT2D eigenvalue weighted by Crippen LogP contribution is 2.39. The van der Waals surface area contributed by atoms with Gasteiger partial charge < -0.3 is 14.4 Å². The zero-order valence-corrected chi connectivity index (χ0v) is 22.0. The van der Waals surface area contributed by atoms with Gasteiger partial charge in [-0.25, -0.2) is 0 Å². The Morgan fingerprint density at radius 2 is 1.10 bits per heavy atom. The van der Waals surface area contributed by atoms with Gasteiger partial charge in [0.1, 0.15) is 16.5 Å². The molecular formula is C23H46N2O2Si2. The molecule has 0 radical (unpaired) electrons. The van der Waals surface area contributed by atoms with Gasteiger partial charge in [-0.1, -0.05) is 41.5 Å². The lowest BCUT2D eigenvalue weighted by Crippen LogP contribution is -2.66. The van der Waals surface area contributed by atoms with Crippen LogP contribution in [0.15, 0.2) is 0 Å². The molecule has 0 aliphatic heterocycles. The maximum Gasteiger partial charge on any atom is 0.197 e. The van der Waals surface area contributed by atoms with Crippen LogP contribution in [-0.2, 0) is 19.4 Å². The Morgan fingerprint density at radius 3 is 1.45 bits per heavy atom. The minimum Gasteiger partial charge on any atom is -0.494 e. The predicted octanol–water partition coefficient (Wildman–Crippen LogP) is 6.48. The molecule has 6 heteroatoms. The topological polar surface area (TPSA) is 48.6 Å². The molecule has 1 aromatic rings. The largest absolute Gasteiger partial charge is 0.494 e. The van der Waals surface area contributed by atoms with E-state index >= 15 is 0 Å². The van der Waals surface area contributed by atoms with Crippen LogP contribution >= 0.6 is 0 Å². The summed E-state index contributed by atoms with van der Waals surface area (Å²) in [5.74, 6) is 0.664. The number of aromatic nitrogens is 1. The van der Waals surface area contributed by atoms with E-state index in [2.05, 4.69) is 45.8 Å². The summed E-state index contributed by atoms with van der Waals surface area (Å²) < 4.78 is 4.89. The smallest absolute Gasteiger partial charge is 0.197 e. The second-order valence-electron chi connectivity index (χ2n) is 9.04. The van der Waals surface area contributed by atoms with Gasteiger partial charge in [0.05, 0.1) is 0 Å². The maximum absolute atomic E-state index is 10.7. The fraction of sp³-hybridized carbons (Fsp3) is 0.826. The van der Waals surface area contributed by atoms with Crippen LogP contribution < -0.4 is 0 Å². The molecule has 2 rings (SSSR count). The van der Waals surface area contributed by atoms with Crippen LogP contribution in [0.2, 0.25) is 36.3 Å². The molecule has 4 nitrogen and oxygen atoms in total. The minimum atomic E-state index is -1.46. The Kier molecular flexibility index (Phi) is 8.92. The van der Waals surface area contributed by atoms with Crippen molar-refractivity contribution in [2.75, 3.05) is 6.54 Å². The molecule has 0 bridgehead atoms. The van der Waals surface area contributed by atoms with E-state index in [1.54, 1.807) is 4.57 Å². The van der Waals surface area contributed by atoms with Gasteiger partial charge >= 0.3 is 0 Å². The van der Waals surface area contributed by atoms with E-state index in [4.69, 9.17) is 0 Å². The maximum atomic E-state index is 10.7. The number of nitrogens with zero attached hydrogens (tertiary/aromatic N) is 2. The number of hydrogen-bond acceptors (Lipinski definition) is 3. The van der Waals surface area contributed by atoms with E-state index in [0.717, 1.165) is 56.3 Å². The van der Waals surface area contributed by atoms with Crippen LogP contribution in [0.5, 0.6) is 11.8 Å². The molecular weight excluding hydrogens is 392 g/mol. The third-order valence-corrected chi connectivity index (χ3v) is 21.9. The quantitative estimate of drug-likeness (QED) is 0.367. The Hall–Kier alpha value is -0.726. The first-order chi connectivity index (χ1) is 13.9. The fourth-order valence-electron chi connectivity index (χ4n) is 6.05. The molecule has 2 N–H and O–H groups in total. The lowest BCUT2D eigenvalue weighted by molar-refractivity contribution is 0.357. The summed E-state index contributed by atoms with van der Waals surface area (Å²) in [7, 11) is -2.92. The van der Waals surface area contributed by atoms with Crippen molar-refractivity contribution in [1.82, 2.24) is 8.80 Å². The Balaban J connectivity index is 2.26. The van der Waals surface area contributed by atoms with Gasteiger partial charge in [-0.3, -0.25) is 4.57 Å². The lowest BCUT2D eigenvalue weighted by atomic mass is 9.95. The standard InChI is InChI=1S/C23H46N2O2Si2/c1-7-28(8-2,9-3)25(29(10-4,11-5)12-6)19-15-18-24-22(26)20-16-13-14-17-21(20)23(24)27/h26-27H,7-19H2,1-6H3. The van der Waals surface area contributed by atoms with Crippen LogP contribution in [0, 0.1) is 0 Å². The summed E-state index contributed by atoms with van der Waals surface area (Å²) in [6.07, 6.45) is 5.06. The number of fused-ring (bicyclic) bond motifs is 1. The van der Waals surface area contributed by atoms with Crippen molar-refractivity contribution in [2.45, 2.75) is 116 Å². The van der Waals surface area contributed by atoms with Gasteiger partial charge in [0.25, 0.3) is 0 Å². The van der Waals surface area contributed by atoms with Crippen LogP contribution in [0.1, 0.15) is 71.9 Å². The van der Waals surface area contributed by atoms with Crippen molar-refractivity contribution < 1.29 is 10.2 Å². The first-order valence-electron chi connectivity index (χ1n) is 12.3. The Bertz CT molecular complexity index is 586. The SMILES string of the molecule is CC[Si](CC)(CC)N(CCCn1c(O)c2c(c1O)CCCC2)[Si](CC)(CC)CC. The average Bonchev–Trinajstić information content (AvgIpc) is 3.01. The molecule has 1 aromatic heterocycles. The van der Waals surface area contributed by atoms with Crippen molar-refractivity contribution in [3.63, 3.8) is 0 Å². The van der Waals surface area contributed by atoms with Gasteiger partial charge in [0.2, 0.25) is 0 Å². The molecule has 0 unspecified atom stereocenters. The third kappa shape index (κ3) is 4.49. The third-order valence-electron chi connectivity index (χ3n) is 8.38. The highest BCUT2D eigenvalue weighted by Gasteiger charge is 2.45. The number of aromatic hydroxyl groups is 2.